The van der Waals surface area contributed by atoms with Gasteiger partial charge in [0.1, 0.15) is 11.8 Å². The van der Waals surface area contributed by atoms with Crippen LogP contribution in [0.1, 0.15) is 12.5 Å². The van der Waals surface area contributed by atoms with Gasteiger partial charge in [0.15, 0.2) is 5.96 Å². The zero-order chi connectivity index (χ0) is 20.0. The van der Waals surface area contributed by atoms with E-state index in [1.54, 1.807) is 19.2 Å². The number of nitrogens with one attached hydrogen (secondary N) is 1. The lowest BCUT2D eigenvalue weighted by Gasteiger charge is -2.39. The standard InChI is InChI=1S/C17H23F5N4O.HI/c1-12(17(20,21)22)25-6-8-26(9-7-25)16(23-2)24-11-13-4-3-5-14(10-13)27-15(18)19;/h3-5,10,12,15H,6-9,11H2,1-2H3,(H,23,24);1H. The van der Waals surface area contributed by atoms with E-state index < -0.39 is 18.8 Å². The van der Waals surface area contributed by atoms with Gasteiger partial charge in [-0.3, -0.25) is 9.89 Å². The molecule has 0 aromatic heterocycles. The van der Waals surface area contributed by atoms with Crippen LogP contribution in [0.15, 0.2) is 29.3 Å². The number of guanidine groups is 1. The lowest BCUT2D eigenvalue weighted by Crippen LogP contribution is -2.56. The monoisotopic (exact) mass is 522 g/mol. The lowest BCUT2D eigenvalue weighted by molar-refractivity contribution is -0.181. The quantitative estimate of drug-likeness (QED) is 0.278. The van der Waals surface area contributed by atoms with Gasteiger partial charge < -0.3 is 15.0 Å². The fourth-order valence-corrected chi connectivity index (χ4v) is 2.87. The highest BCUT2D eigenvalue weighted by Crippen LogP contribution is 2.25. The fraction of sp³-hybridized carbons (Fsp3) is 0.588. The molecule has 28 heavy (non-hydrogen) atoms. The molecule has 1 aromatic rings. The van der Waals surface area contributed by atoms with Gasteiger partial charge in [0.2, 0.25) is 0 Å². The maximum Gasteiger partial charge on any atom is 0.403 e. The van der Waals surface area contributed by atoms with Crippen molar-refractivity contribution in [3.63, 3.8) is 0 Å². The zero-order valence-corrected chi connectivity index (χ0v) is 17.9. The van der Waals surface area contributed by atoms with E-state index in [0.29, 0.717) is 25.6 Å². The van der Waals surface area contributed by atoms with E-state index in [-0.39, 0.29) is 42.8 Å². The summed E-state index contributed by atoms with van der Waals surface area (Å²) in [5.74, 6) is 0.614. The molecular weight excluding hydrogens is 498 g/mol. The van der Waals surface area contributed by atoms with Gasteiger partial charge in [-0.2, -0.15) is 22.0 Å². The highest BCUT2D eigenvalue weighted by Gasteiger charge is 2.41. The third-order valence-corrected chi connectivity index (χ3v) is 4.42. The molecule has 1 atom stereocenters. The molecule has 5 nitrogen and oxygen atoms in total. The minimum atomic E-state index is -4.24. The van der Waals surface area contributed by atoms with Crippen molar-refractivity contribution in [1.82, 2.24) is 15.1 Å². The van der Waals surface area contributed by atoms with Crippen molar-refractivity contribution in [3.8, 4) is 5.75 Å². The number of ether oxygens (including phenoxy) is 1. The Labute approximate surface area is 177 Å². The van der Waals surface area contributed by atoms with Crippen molar-refractivity contribution in [1.29, 1.82) is 0 Å². The molecule has 1 N–H and O–H groups in total. The van der Waals surface area contributed by atoms with Gasteiger partial charge in [-0.1, -0.05) is 12.1 Å². The minimum absolute atomic E-state index is 0. The van der Waals surface area contributed by atoms with Gasteiger partial charge in [-0.15, -0.1) is 24.0 Å². The normalized spacial score (nSPS) is 17.3. The van der Waals surface area contributed by atoms with Gasteiger partial charge in [0, 0.05) is 39.8 Å². The molecule has 0 radical (unpaired) electrons. The van der Waals surface area contributed by atoms with Crippen LogP contribution in [-0.2, 0) is 6.54 Å². The Bertz CT molecular complexity index is 636. The van der Waals surface area contributed by atoms with Crippen molar-refractivity contribution in [3.05, 3.63) is 29.8 Å². The Hall–Kier alpha value is -1.37. The first-order valence-corrected chi connectivity index (χ1v) is 8.51. The number of rotatable bonds is 5. The van der Waals surface area contributed by atoms with E-state index in [1.165, 1.54) is 17.0 Å². The topological polar surface area (TPSA) is 40.1 Å². The average molecular weight is 522 g/mol. The molecule has 1 aromatic carbocycles. The summed E-state index contributed by atoms with van der Waals surface area (Å²) in [4.78, 5) is 7.43. The van der Waals surface area contributed by atoms with Crippen LogP contribution < -0.4 is 10.1 Å². The maximum atomic E-state index is 12.8. The zero-order valence-electron chi connectivity index (χ0n) is 15.5. The molecule has 1 aliphatic heterocycles. The average Bonchev–Trinajstić information content (AvgIpc) is 2.61. The molecule has 0 bridgehead atoms. The number of nitrogens with zero attached hydrogens (tertiary/aromatic N) is 3. The second-order valence-corrected chi connectivity index (χ2v) is 6.17. The Morgan fingerprint density at radius 3 is 2.39 bits per heavy atom. The molecule has 0 amide bonds. The van der Waals surface area contributed by atoms with Crippen LogP contribution in [0, 0.1) is 0 Å². The Morgan fingerprint density at radius 2 is 1.86 bits per heavy atom. The number of benzene rings is 1. The first kappa shape index (κ1) is 24.7. The van der Waals surface area contributed by atoms with Crippen LogP contribution in [0.5, 0.6) is 5.75 Å². The Balaban J connectivity index is 0.00000392. The van der Waals surface area contributed by atoms with Crippen LogP contribution in [0.3, 0.4) is 0 Å². The highest BCUT2D eigenvalue weighted by molar-refractivity contribution is 14.0. The number of halogens is 6. The van der Waals surface area contributed by atoms with E-state index in [1.807, 2.05) is 4.90 Å². The van der Waals surface area contributed by atoms with Gasteiger partial charge in [0.05, 0.1) is 0 Å². The predicted molar refractivity (Wildman–Crippen MR) is 107 cm³/mol. The van der Waals surface area contributed by atoms with E-state index in [2.05, 4.69) is 15.0 Å². The summed E-state index contributed by atoms with van der Waals surface area (Å²) in [5, 5.41) is 3.10. The molecule has 160 valence electrons. The largest absolute Gasteiger partial charge is 0.435 e. The van der Waals surface area contributed by atoms with Crippen LogP contribution in [0.25, 0.3) is 0 Å². The van der Waals surface area contributed by atoms with Gasteiger partial charge >= 0.3 is 12.8 Å². The Kier molecular flexibility index (Phi) is 9.67. The molecule has 2 rings (SSSR count). The van der Waals surface area contributed by atoms with Crippen molar-refractivity contribution in [2.24, 2.45) is 4.99 Å². The molecule has 1 heterocycles. The van der Waals surface area contributed by atoms with Crippen molar-refractivity contribution >= 4 is 29.9 Å². The van der Waals surface area contributed by atoms with Crippen molar-refractivity contribution in [2.75, 3.05) is 33.2 Å². The van der Waals surface area contributed by atoms with E-state index in [9.17, 15) is 22.0 Å². The number of hydrogen-bond donors (Lipinski definition) is 1. The van der Waals surface area contributed by atoms with E-state index >= 15 is 0 Å². The first-order chi connectivity index (χ1) is 12.7. The number of piperazine rings is 1. The van der Waals surface area contributed by atoms with Crippen molar-refractivity contribution in [2.45, 2.75) is 32.3 Å². The number of hydrogen-bond acceptors (Lipinski definition) is 3. The minimum Gasteiger partial charge on any atom is -0.435 e. The van der Waals surface area contributed by atoms with Gasteiger partial charge in [-0.25, -0.2) is 0 Å². The summed E-state index contributed by atoms with van der Waals surface area (Å²) in [5.41, 5.74) is 0.721. The van der Waals surface area contributed by atoms with Crippen LogP contribution >= 0.6 is 24.0 Å². The van der Waals surface area contributed by atoms with E-state index in [4.69, 9.17) is 0 Å². The third kappa shape index (κ3) is 7.22. The molecule has 0 spiro atoms. The molecule has 1 fully saturated rings. The first-order valence-electron chi connectivity index (χ1n) is 8.51. The predicted octanol–water partition coefficient (Wildman–Crippen LogP) is 3.55. The molecule has 11 heteroatoms. The third-order valence-electron chi connectivity index (χ3n) is 4.42. The Morgan fingerprint density at radius 1 is 1.21 bits per heavy atom. The molecule has 0 aliphatic carbocycles. The second kappa shape index (κ2) is 11.0. The van der Waals surface area contributed by atoms with Crippen LogP contribution in [0.4, 0.5) is 22.0 Å². The summed E-state index contributed by atoms with van der Waals surface area (Å²) >= 11 is 0. The summed E-state index contributed by atoms with van der Waals surface area (Å²) in [6, 6.07) is 4.81. The smallest absolute Gasteiger partial charge is 0.403 e. The number of alkyl halides is 5. The summed E-state index contributed by atoms with van der Waals surface area (Å²) in [7, 11) is 1.59. The molecule has 1 unspecified atom stereocenters. The second-order valence-electron chi connectivity index (χ2n) is 6.17. The van der Waals surface area contributed by atoms with Crippen LogP contribution in [0.2, 0.25) is 0 Å². The summed E-state index contributed by atoms with van der Waals surface area (Å²) < 4.78 is 67.4. The fourth-order valence-electron chi connectivity index (χ4n) is 2.87. The summed E-state index contributed by atoms with van der Waals surface area (Å²) in [6.45, 7) is -0.0263. The lowest BCUT2D eigenvalue weighted by atomic mass is 10.2. The van der Waals surface area contributed by atoms with Gasteiger partial charge in [0.25, 0.3) is 0 Å². The summed E-state index contributed by atoms with van der Waals surface area (Å²) in [6.07, 6.45) is -4.24. The molecule has 1 aliphatic rings. The highest BCUT2D eigenvalue weighted by atomic mass is 127. The van der Waals surface area contributed by atoms with Crippen molar-refractivity contribution < 1.29 is 26.7 Å². The molecule has 0 saturated carbocycles. The van der Waals surface area contributed by atoms with Gasteiger partial charge in [-0.05, 0) is 24.6 Å². The van der Waals surface area contributed by atoms with E-state index in [0.717, 1.165) is 12.5 Å². The SMILES string of the molecule is CN=C(NCc1cccc(OC(F)F)c1)N1CCN(C(C)C(F)(F)F)CC1.I. The maximum absolute atomic E-state index is 12.8. The molecular formula is C17H24F5IN4O. The number of aliphatic imine (C=N–C) groups is 1. The molecule has 1 saturated heterocycles. The van der Waals surface area contributed by atoms with Crippen LogP contribution in [-0.4, -0.2) is 67.8 Å².